The fourth-order valence-corrected chi connectivity index (χ4v) is 5.23. The first kappa shape index (κ1) is 19.7. The van der Waals surface area contributed by atoms with Crippen molar-refractivity contribution >= 4 is 17.7 Å². The predicted octanol–water partition coefficient (Wildman–Crippen LogP) is 0.306. The molecule has 0 aliphatic carbocycles. The van der Waals surface area contributed by atoms with E-state index in [1.165, 1.54) is 6.42 Å². The molecule has 4 aliphatic rings. The van der Waals surface area contributed by atoms with Crippen LogP contribution in [-0.4, -0.2) is 61.0 Å². The van der Waals surface area contributed by atoms with Crippen LogP contribution in [0.3, 0.4) is 0 Å². The summed E-state index contributed by atoms with van der Waals surface area (Å²) in [5, 5.41) is 9.28. The maximum Gasteiger partial charge on any atom is 0.255 e. The number of hydrogen-bond donors (Lipinski definition) is 3. The van der Waals surface area contributed by atoms with E-state index in [1.807, 2.05) is 18.2 Å². The van der Waals surface area contributed by atoms with Crippen LogP contribution >= 0.6 is 0 Å². The average Bonchev–Trinajstić information content (AvgIpc) is 3.43. The molecule has 5 rings (SSSR count). The zero-order valence-corrected chi connectivity index (χ0v) is 17.0. The van der Waals surface area contributed by atoms with Gasteiger partial charge in [0.05, 0.1) is 12.7 Å². The Morgan fingerprint density at radius 2 is 2.17 bits per heavy atom. The van der Waals surface area contributed by atoms with Gasteiger partial charge in [-0.25, -0.2) is 0 Å². The smallest absolute Gasteiger partial charge is 0.255 e. The summed E-state index contributed by atoms with van der Waals surface area (Å²) in [5.74, 6) is -0.773. The van der Waals surface area contributed by atoms with E-state index in [-0.39, 0.29) is 30.2 Å². The van der Waals surface area contributed by atoms with Crippen LogP contribution in [0.4, 0.5) is 0 Å². The van der Waals surface area contributed by atoms with Gasteiger partial charge >= 0.3 is 0 Å². The number of nitrogens with one attached hydrogen (secondary N) is 3. The SMILES string of the molecule is O=C1CCC(N2Cc3cc(CNCC4CC5(CCNC5)CO4)ccc3C2=O)C(=O)N1. The normalized spacial score (nSPS) is 30.9. The highest BCUT2D eigenvalue weighted by molar-refractivity contribution is 6.05. The molecule has 8 heteroatoms. The van der Waals surface area contributed by atoms with Crippen LogP contribution in [0, 0.1) is 5.41 Å². The van der Waals surface area contributed by atoms with E-state index in [4.69, 9.17) is 4.74 Å². The van der Waals surface area contributed by atoms with Gasteiger partial charge in [-0.05, 0) is 43.0 Å². The molecule has 1 spiro atoms. The molecule has 30 heavy (non-hydrogen) atoms. The first-order valence-corrected chi connectivity index (χ1v) is 10.8. The van der Waals surface area contributed by atoms with Crippen molar-refractivity contribution in [3.63, 3.8) is 0 Å². The number of carbonyl (C=O) groups is 3. The van der Waals surface area contributed by atoms with Gasteiger partial charge < -0.3 is 20.3 Å². The number of ether oxygens (including phenoxy) is 1. The highest BCUT2D eigenvalue weighted by Gasteiger charge is 2.42. The molecule has 160 valence electrons. The summed E-state index contributed by atoms with van der Waals surface area (Å²) in [6.45, 7) is 4.95. The second-order valence-electron chi connectivity index (χ2n) is 9.09. The fraction of sp³-hybridized carbons (Fsp3) is 0.591. The Morgan fingerprint density at radius 3 is 2.97 bits per heavy atom. The van der Waals surface area contributed by atoms with Crippen molar-refractivity contribution in [1.29, 1.82) is 0 Å². The number of piperidine rings is 1. The molecule has 0 radical (unpaired) electrons. The molecule has 3 unspecified atom stereocenters. The number of fused-ring (bicyclic) bond motifs is 1. The monoisotopic (exact) mass is 412 g/mol. The summed E-state index contributed by atoms with van der Waals surface area (Å²) in [6, 6.07) is 5.30. The quantitative estimate of drug-likeness (QED) is 0.602. The Bertz CT molecular complexity index is 880. The van der Waals surface area contributed by atoms with Crippen LogP contribution < -0.4 is 16.0 Å². The van der Waals surface area contributed by atoms with Crippen molar-refractivity contribution in [1.82, 2.24) is 20.9 Å². The van der Waals surface area contributed by atoms with E-state index in [1.54, 1.807) is 4.90 Å². The molecule has 3 atom stereocenters. The minimum absolute atomic E-state index is 0.131. The van der Waals surface area contributed by atoms with Gasteiger partial charge in [-0.1, -0.05) is 12.1 Å². The number of imide groups is 1. The van der Waals surface area contributed by atoms with Crippen LogP contribution in [0.5, 0.6) is 0 Å². The van der Waals surface area contributed by atoms with E-state index in [0.29, 0.717) is 30.5 Å². The molecule has 4 heterocycles. The zero-order valence-electron chi connectivity index (χ0n) is 17.0. The maximum atomic E-state index is 12.8. The molecule has 4 aliphatic heterocycles. The molecule has 3 fully saturated rings. The first-order valence-electron chi connectivity index (χ1n) is 10.8. The van der Waals surface area contributed by atoms with Crippen LogP contribution in [0.25, 0.3) is 0 Å². The molecular weight excluding hydrogens is 384 g/mol. The van der Waals surface area contributed by atoms with Crippen LogP contribution in [-0.2, 0) is 27.4 Å². The Hall–Kier alpha value is -2.29. The second-order valence-corrected chi connectivity index (χ2v) is 9.09. The number of benzene rings is 1. The van der Waals surface area contributed by atoms with Crippen molar-refractivity contribution < 1.29 is 19.1 Å². The average molecular weight is 412 g/mol. The Morgan fingerprint density at radius 1 is 1.27 bits per heavy atom. The van der Waals surface area contributed by atoms with Gasteiger partial charge in [-0.15, -0.1) is 0 Å². The van der Waals surface area contributed by atoms with Gasteiger partial charge in [0.25, 0.3) is 5.91 Å². The molecule has 0 bridgehead atoms. The van der Waals surface area contributed by atoms with E-state index < -0.39 is 6.04 Å². The van der Waals surface area contributed by atoms with E-state index in [0.717, 1.165) is 43.8 Å². The van der Waals surface area contributed by atoms with Gasteiger partial charge in [0.2, 0.25) is 11.8 Å². The van der Waals surface area contributed by atoms with Crippen LogP contribution in [0.2, 0.25) is 0 Å². The Balaban J connectivity index is 1.17. The molecular formula is C22H28N4O4. The summed E-state index contributed by atoms with van der Waals surface area (Å²) in [6.07, 6.45) is 3.21. The van der Waals surface area contributed by atoms with Gasteiger partial charge in [0, 0.05) is 43.6 Å². The molecule has 0 saturated carbocycles. The standard InChI is InChI=1S/C22H28N4O4/c27-19-4-3-18(20(28)25-19)26-11-15-7-14(1-2-17(15)21(26)29)9-24-10-16-8-22(13-30-16)5-6-23-12-22/h1-2,7,16,18,23-24H,3-6,8-13H2,(H,25,27,28). The van der Waals surface area contributed by atoms with Gasteiger partial charge in [0.1, 0.15) is 6.04 Å². The molecule has 3 saturated heterocycles. The molecule has 0 aromatic heterocycles. The predicted molar refractivity (Wildman–Crippen MR) is 108 cm³/mol. The lowest BCUT2D eigenvalue weighted by Crippen LogP contribution is -2.52. The van der Waals surface area contributed by atoms with Gasteiger partial charge in [0.15, 0.2) is 0 Å². The Kier molecular flexibility index (Phi) is 5.08. The topological polar surface area (TPSA) is 99.8 Å². The summed E-state index contributed by atoms with van der Waals surface area (Å²) in [4.78, 5) is 37.9. The van der Waals surface area contributed by atoms with E-state index in [2.05, 4.69) is 16.0 Å². The number of nitrogens with zero attached hydrogens (tertiary/aromatic N) is 1. The summed E-state index contributed by atoms with van der Waals surface area (Å²) < 4.78 is 6.00. The number of rotatable bonds is 5. The van der Waals surface area contributed by atoms with Crippen molar-refractivity contribution in [2.45, 2.75) is 50.9 Å². The summed E-state index contributed by atoms with van der Waals surface area (Å²) in [7, 11) is 0. The van der Waals surface area contributed by atoms with E-state index >= 15 is 0 Å². The highest BCUT2D eigenvalue weighted by atomic mass is 16.5. The summed E-state index contributed by atoms with van der Waals surface area (Å²) >= 11 is 0. The molecule has 3 amide bonds. The van der Waals surface area contributed by atoms with Crippen LogP contribution in [0.1, 0.15) is 47.2 Å². The fourth-order valence-electron chi connectivity index (χ4n) is 5.23. The van der Waals surface area contributed by atoms with Crippen molar-refractivity contribution in [2.75, 3.05) is 26.2 Å². The maximum absolute atomic E-state index is 12.8. The third-order valence-corrected chi connectivity index (χ3v) is 6.91. The lowest BCUT2D eigenvalue weighted by Gasteiger charge is -2.29. The third kappa shape index (κ3) is 3.64. The minimum atomic E-state index is -0.568. The second kappa shape index (κ2) is 7.76. The number of hydrogen-bond acceptors (Lipinski definition) is 6. The molecule has 3 N–H and O–H groups in total. The van der Waals surface area contributed by atoms with E-state index in [9.17, 15) is 14.4 Å². The zero-order chi connectivity index (χ0) is 20.7. The van der Waals surface area contributed by atoms with Gasteiger partial charge in [-0.3, -0.25) is 19.7 Å². The minimum Gasteiger partial charge on any atom is -0.376 e. The molecule has 8 nitrogen and oxygen atoms in total. The Labute approximate surface area is 175 Å². The number of amides is 3. The molecule has 1 aromatic rings. The summed E-state index contributed by atoms with van der Waals surface area (Å²) in [5.41, 5.74) is 3.04. The van der Waals surface area contributed by atoms with Crippen LogP contribution in [0.15, 0.2) is 18.2 Å². The van der Waals surface area contributed by atoms with Crippen molar-refractivity contribution in [3.05, 3.63) is 34.9 Å². The largest absolute Gasteiger partial charge is 0.376 e. The third-order valence-electron chi connectivity index (χ3n) is 6.91. The lowest BCUT2D eigenvalue weighted by molar-refractivity contribution is -0.136. The first-order chi connectivity index (χ1) is 14.5. The van der Waals surface area contributed by atoms with Crippen molar-refractivity contribution in [2.24, 2.45) is 5.41 Å². The lowest BCUT2D eigenvalue weighted by atomic mass is 9.85. The highest BCUT2D eigenvalue weighted by Crippen LogP contribution is 2.37. The van der Waals surface area contributed by atoms with Gasteiger partial charge in [-0.2, -0.15) is 0 Å². The van der Waals surface area contributed by atoms with Crippen molar-refractivity contribution in [3.8, 4) is 0 Å². The molecule has 1 aromatic carbocycles. The number of carbonyl (C=O) groups excluding carboxylic acids is 3.